The number of nitrogens with zero attached hydrogens (tertiary/aromatic N) is 5. The topological polar surface area (TPSA) is 60.7 Å². The molecule has 7 heteroatoms. The van der Waals surface area contributed by atoms with Crippen LogP contribution < -0.4 is 25.6 Å². The summed E-state index contributed by atoms with van der Waals surface area (Å²) in [6.45, 7) is 0. The molecular formula is C62H39N5SSi. The summed E-state index contributed by atoms with van der Waals surface area (Å²) in [7, 11) is -2.87. The standard InChI is InChI=1S/C62H39N5SSi/c63-40-42-27-31-57-53(35-42)51-23-10-12-25-55(51)65(57)45-29-33-59-61(38-45)68-62-39-46(66-56-26-13-11-24-52(56)54-36-43(41-64)28-32-58(54)66)30-34-60(62)67(59)44-15-14-22-50(37-44)69(47-16-4-1-5-17-47,48-18-6-2-7-19-48)49-20-8-3-9-21-49/h1-39H. The zero-order valence-electron chi connectivity index (χ0n) is 37.2. The first-order valence-corrected chi connectivity index (χ1v) is 25.8. The number of rotatable bonds is 7. The zero-order chi connectivity index (χ0) is 46.1. The molecule has 0 saturated carbocycles. The minimum Gasteiger partial charge on any atom is -0.309 e. The van der Waals surface area contributed by atoms with Gasteiger partial charge in [0, 0.05) is 48.4 Å². The van der Waals surface area contributed by atoms with E-state index < -0.39 is 8.07 Å². The van der Waals surface area contributed by atoms with E-state index in [0.717, 1.165) is 81.8 Å². The first-order valence-electron chi connectivity index (χ1n) is 23.0. The molecule has 0 atom stereocenters. The molecule has 1 aliphatic rings. The fourth-order valence-electron chi connectivity index (χ4n) is 10.9. The van der Waals surface area contributed by atoms with Crippen molar-refractivity contribution >= 4 is 101 Å². The van der Waals surface area contributed by atoms with Gasteiger partial charge < -0.3 is 14.0 Å². The average molecular weight is 914 g/mol. The highest BCUT2D eigenvalue weighted by molar-refractivity contribution is 7.99. The summed E-state index contributed by atoms with van der Waals surface area (Å²) in [6, 6.07) is 89.9. The molecule has 12 aromatic rings. The van der Waals surface area contributed by atoms with Crippen LogP contribution in [0, 0.1) is 22.7 Å². The number of fused-ring (bicyclic) bond motifs is 8. The molecule has 322 valence electrons. The van der Waals surface area contributed by atoms with E-state index in [0.29, 0.717) is 11.1 Å². The van der Waals surface area contributed by atoms with Crippen molar-refractivity contribution in [2.75, 3.05) is 4.90 Å². The van der Waals surface area contributed by atoms with Crippen molar-refractivity contribution in [2.45, 2.75) is 9.79 Å². The second-order valence-electron chi connectivity index (χ2n) is 17.5. The molecule has 13 rings (SSSR count). The summed E-state index contributed by atoms with van der Waals surface area (Å²) in [5.41, 5.74) is 10.9. The Balaban J connectivity index is 1.05. The quantitative estimate of drug-likeness (QED) is 0.118. The lowest BCUT2D eigenvalue weighted by molar-refractivity contribution is 1.11. The fraction of sp³-hybridized carbons (Fsp3) is 0. The van der Waals surface area contributed by atoms with Gasteiger partial charge in [0.1, 0.15) is 0 Å². The highest BCUT2D eigenvalue weighted by Crippen LogP contribution is 2.53. The molecule has 5 nitrogen and oxygen atoms in total. The van der Waals surface area contributed by atoms with Crippen molar-refractivity contribution in [3.8, 4) is 23.5 Å². The largest absolute Gasteiger partial charge is 0.309 e. The summed E-state index contributed by atoms with van der Waals surface area (Å²) in [5, 5.41) is 29.4. The molecule has 0 saturated heterocycles. The Labute approximate surface area is 404 Å². The Hall–Kier alpha value is -8.85. The van der Waals surface area contributed by atoms with E-state index in [1.54, 1.807) is 11.8 Å². The monoisotopic (exact) mass is 913 g/mol. The molecule has 0 bridgehead atoms. The Morgan fingerprint density at radius 1 is 0.333 bits per heavy atom. The van der Waals surface area contributed by atoms with Crippen molar-refractivity contribution in [2.24, 2.45) is 0 Å². The molecule has 0 aliphatic carbocycles. The average Bonchev–Trinajstić information content (AvgIpc) is 3.93. The second kappa shape index (κ2) is 16.2. The van der Waals surface area contributed by atoms with Crippen LogP contribution in [0.15, 0.2) is 246 Å². The summed E-state index contributed by atoms with van der Waals surface area (Å²) < 4.78 is 4.66. The minimum absolute atomic E-state index is 0.643. The van der Waals surface area contributed by atoms with Crippen LogP contribution in [0.2, 0.25) is 0 Å². The molecular weight excluding hydrogens is 875 g/mol. The van der Waals surface area contributed by atoms with Crippen LogP contribution in [0.3, 0.4) is 0 Å². The summed E-state index contributed by atoms with van der Waals surface area (Å²) in [6.07, 6.45) is 0. The molecule has 2 aromatic heterocycles. The maximum Gasteiger partial charge on any atom is 0.179 e. The molecule has 0 radical (unpaired) electrons. The molecule has 0 spiro atoms. The van der Waals surface area contributed by atoms with Gasteiger partial charge in [0.25, 0.3) is 0 Å². The smallest absolute Gasteiger partial charge is 0.179 e. The van der Waals surface area contributed by atoms with Crippen molar-refractivity contribution in [1.82, 2.24) is 9.13 Å². The molecule has 1 aliphatic heterocycles. The van der Waals surface area contributed by atoms with Crippen LogP contribution >= 0.6 is 11.8 Å². The third-order valence-corrected chi connectivity index (χ3v) is 19.7. The Morgan fingerprint density at radius 2 is 0.754 bits per heavy atom. The van der Waals surface area contributed by atoms with E-state index >= 15 is 0 Å². The van der Waals surface area contributed by atoms with Crippen LogP contribution in [0.1, 0.15) is 11.1 Å². The lowest BCUT2D eigenvalue weighted by Crippen LogP contribution is -2.74. The maximum absolute atomic E-state index is 9.89. The lowest BCUT2D eigenvalue weighted by atomic mass is 10.1. The van der Waals surface area contributed by atoms with Gasteiger partial charge in [-0.2, -0.15) is 10.5 Å². The molecule has 10 aromatic carbocycles. The Morgan fingerprint density at radius 3 is 1.22 bits per heavy atom. The molecule has 0 unspecified atom stereocenters. The van der Waals surface area contributed by atoms with Gasteiger partial charge in [-0.25, -0.2) is 0 Å². The molecule has 0 amide bonds. The first kappa shape index (κ1) is 40.4. The van der Waals surface area contributed by atoms with Crippen LogP contribution in [0.4, 0.5) is 17.1 Å². The summed E-state index contributed by atoms with van der Waals surface area (Å²) in [4.78, 5) is 4.70. The van der Waals surface area contributed by atoms with Gasteiger partial charge in [-0.1, -0.05) is 151 Å². The van der Waals surface area contributed by atoms with Gasteiger partial charge in [0.05, 0.1) is 56.7 Å². The van der Waals surface area contributed by atoms with Gasteiger partial charge in [0.2, 0.25) is 0 Å². The number of hydrogen-bond acceptors (Lipinski definition) is 4. The van der Waals surface area contributed by atoms with Crippen LogP contribution in [-0.2, 0) is 0 Å². The van der Waals surface area contributed by atoms with Crippen LogP contribution in [0.25, 0.3) is 55.0 Å². The third kappa shape index (κ3) is 6.30. The van der Waals surface area contributed by atoms with E-state index in [1.165, 1.54) is 20.7 Å². The van der Waals surface area contributed by atoms with Gasteiger partial charge in [-0.15, -0.1) is 0 Å². The maximum atomic E-state index is 9.89. The van der Waals surface area contributed by atoms with Crippen molar-refractivity contribution in [3.63, 3.8) is 0 Å². The van der Waals surface area contributed by atoms with Crippen molar-refractivity contribution in [3.05, 3.63) is 248 Å². The van der Waals surface area contributed by atoms with E-state index in [4.69, 9.17) is 0 Å². The predicted octanol–water partition coefficient (Wildman–Crippen LogP) is 12.9. The van der Waals surface area contributed by atoms with E-state index in [1.807, 2.05) is 24.3 Å². The summed E-state index contributed by atoms with van der Waals surface area (Å²) in [5.74, 6) is 0. The van der Waals surface area contributed by atoms with Crippen LogP contribution in [0.5, 0.6) is 0 Å². The number of para-hydroxylation sites is 2. The normalized spacial score (nSPS) is 12.2. The Bertz CT molecular complexity index is 3810. The van der Waals surface area contributed by atoms with E-state index in [9.17, 15) is 10.5 Å². The third-order valence-electron chi connectivity index (χ3n) is 13.9. The molecule has 3 heterocycles. The number of nitriles is 2. The second-order valence-corrected chi connectivity index (χ2v) is 22.4. The van der Waals surface area contributed by atoms with Gasteiger partial charge >= 0.3 is 0 Å². The van der Waals surface area contributed by atoms with E-state index in [2.05, 4.69) is 238 Å². The summed E-state index contributed by atoms with van der Waals surface area (Å²) >= 11 is 1.79. The molecule has 0 N–H and O–H groups in total. The molecule has 0 fully saturated rings. The van der Waals surface area contributed by atoms with E-state index in [-0.39, 0.29) is 0 Å². The SMILES string of the molecule is N#Cc1ccc2c(c1)c1ccccc1n2-c1ccc2c(c1)Sc1cc(-n3c4ccccc4c4cc(C#N)ccc43)ccc1N2c1cccc([Si](c2ccccc2)(c2ccccc2)c2ccccc2)c1. The number of hydrogen-bond donors (Lipinski definition) is 0. The number of benzene rings is 10. The molecule has 69 heavy (non-hydrogen) atoms. The van der Waals surface area contributed by atoms with Gasteiger partial charge in [-0.3, -0.25) is 0 Å². The lowest BCUT2D eigenvalue weighted by Gasteiger charge is -2.37. The van der Waals surface area contributed by atoms with Gasteiger partial charge in [0.15, 0.2) is 8.07 Å². The van der Waals surface area contributed by atoms with Crippen LogP contribution in [-0.4, -0.2) is 17.2 Å². The number of anilines is 3. The minimum atomic E-state index is -2.87. The van der Waals surface area contributed by atoms with Crippen molar-refractivity contribution < 1.29 is 0 Å². The number of aromatic nitrogens is 2. The predicted molar refractivity (Wildman–Crippen MR) is 287 cm³/mol. The zero-order valence-corrected chi connectivity index (χ0v) is 39.0. The highest BCUT2D eigenvalue weighted by atomic mass is 32.2. The first-order chi connectivity index (χ1) is 34.1. The Kier molecular flexibility index (Phi) is 9.48. The van der Waals surface area contributed by atoms with Gasteiger partial charge in [-0.05, 0) is 118 Å². The fourth-order valence-corrected chi connectivity index (χ4v) is 16.8. The van der Waals surface area contributed by atoms with Crippen molar-refractivity contribution in [1.29, 1.82) is 10.5 Å². The highest BCUT2D eigenvalue weighted by Gasteiger charge is 2.42.